The summed E-state index contributed by atoms with van der Waals surface area (Å²) in [5, 5.41) is 10.7. The fourth-order valence-electron chi connectivity index (χ4n) is 2.79. The van der Waals surface area contributed by atoms with Crippen LogP contribution >= 0.6 is 11.3 Å². The molecule has 0 spiro atoms. The first kappa shape index (κ1) is 13.3. The van der Waals surface area contributed by atoms with E-state index in [9.17, 15) is 9.90 Å². The second-order valence-corrected chi connectivity index (χ2v) is 6.08. The van der Waals surface area contributed by atoms with Gasteiger partial charge >= 0.3 is 5.97 Å². The van der Waals surface area contributed by atoms with Crippen molar-refractivity contribution in [1.29, 1.82) is 0 Å². The first-order valence-electron chi connectivity index (χ1n) is 6.78. The molecular formula is C14H16N2O3S. The van der Waals surface area contributed by atoms with Gasteiger partial charge < -0.3 is 9.84 Å². The number of aromatic nitrogens is 2. The van der Waals surface area contributed by atoms with Gasteiger partial charge in [-0.3, -0.25) is 4.79 Å². The smallest absolute Gasteiger partial charge is 0.306 e. The van der Waals surface area contributed by atoms with Crippen LogP contribution < -0.4 is 0 Å². The number of carbonyl (C=O) groups is 1. The van der Waals surface area contributed by atoms with Crippen LogP contribution in [0.4, 0.5) is 0 Å². The van der Waals surface area contributed by atoms with E-state index in [2.05, 4.69) is 9.97 Å². The lowest BCUT2D eigenvalue weighted by molar-refractivity contribution is -0.144. The summed E-state index contributed by atoms with van der Waals surface area (Å²) in [6.07, 6.45) is 4.52. The van der Waals surface area contributed by atoms with Gasteiger partial charge in [0.15, 0.2) is 0 Å². The van der Waals surface area contributed by atoms with Crippen LogP contribution in [0.25, 0.3) is 10.2 Å². The molecule has 0 amide bonds. The molecule has 3 rings (SSSR count). The molecule has 5 nitrogen and oxygen atoms in total. The minimum absolute atomic E-state index is 0.0456. The molecule has 2 heterocycles. The number of fused-ring (bicyclic) bond motifs is 3. The van der Waals surface area contributed by atoms with Crippen LogP contribution in [-0.2, 0) is 22.4 Å². The first-order valence-corrected chi connectivity index (χ1v) is 7.60. The Morgan fingerprint density at radius 3 is 3.20 bits per heavy atom. The minimum Gasteiger partial charge on any atom is -0.493 e. The fraction of sp³-hybridized carbons (Fsp3) is 0.500. The first-order chi connectivity index (χ1) is 9.69. The highest BCUT2D eigenvalue weighted by atomic mass is 32.1. The number of rotatable bonds is 3. The highest BCUT2D eigenvalue weighted by molar-refractivity contribution is 7.18. The second kappa shape index (κ2) is 5.36. The highest BCUT2D eigenvalue weighted by Gasteiger charge is 2.26. The average Bonchev–Trinajstić information content (AvgIpc) is 2.78. The number of thiophene rings is 1. The highest BCUT2D eigenvalue weighted by Crippen LogP contribution is 2.40. The molecule has 1 N–H and O–H groups in total. The zero-order valence-electron chi connectivity index (χ0n) is 11.3. The summed E-state index contributed by atoms with van der Waals surface area (Å²) in [6.45, 7) is 2.24. The number of nitrogens with zero attached hydrogens (tertiary/aromatic N) is 2. The van der Waals surface area contributed by atoms with Gasteiger partial charge in [-0.05, 0) is 37.7 Å². The zero-order valence-corrected chi connectivity index (χ0v) is 12.1. The molecule has 2 aromatic heterocycles. The van der Waals surface area contributed by atoms with Gasteiger partial charge in [-0.1, -0.05) is 0 Å². The summed E-state index contributed by atoms with van der Waals surface area (Å²) in [7, 11) is 0. The summed E-state index contributed by atoms with van der Waals surface area (Å²) in [5.41, 5.74) is 1.11. The number of esters is 1. The van der Waals surface area contributed by atoms with E-state index >= 15 is 0 Å². The Balaban J connectivity index is 1.87. The molecule has 0 radical (unpaired) electrons. The van der Waals surface area contributed by atoms with E-state index in [1.165, 1.54) is 11.2 Å². The van der Waals surface area contributed by atoms with Crippen molar-refractivity contribution in [2.24, 2.45) is 5.92 Å². The molecule has 20 heavy (non-hydrogen) atoms. The van der Waals surface area contributed by atoms with Crippen molar-refractivity contribution in [2.75, 3.05) is 6.61 Å². The van der Waals surface area contributed by atoms with Crippen LogP contribution in [0.3, 0.4) is 0 Å². The number of aryl methyl sites for hydroxylation is 1. The summed E-state index contributed by atoms with van der Waals surface area (Å²) in [6, 6.07) is 0. The molecule has 0 bridgehead atoms. The summed E-state index contributed by atoms with van der Waals surface area (Å²) in [4.78, 5) is 21.8. The molecule has 2 aromatic rings. The quantitative estimate of drug-likeness (QED) is 0.880. The third kappa shape index (κ3) is 2.35. The molecule has 0 saturated carbocycles. The third-order valence-electron chi connectivity index (χ3n) is 3.68. The predicted molar refractivity (Wildman–Crippen MR) is 75.8 cm³/mol. The number of carbonyl (C=O) groups excluding carboxylic acids is 1. The minimum atomic E-state index is -0.138. The van der Waals surface area contributed by atoms with E-state index in [0.717, 1.165) is 35.0 Å². The van der Waals surface area contributed by atoms with E-state index in [4.69, 9.17) is 4.74 Å². The van der Waals surface area contributed by atoms with Crippen LogP contribution in [0.15, 0.2) is 6.33 Å². The van der Waals surface area contributed by atoms with Crippen molar-refractivity contribution in [3.63, 3.8) is 0 Å². The molecule has 1 atom stereocenters. The molecule has 1 aliphatic rings. The third-order valence-corrected chi connectivity index (χ3v) is 4.88. The Morgan fingerprint density at radius 1 is 1.55 bits per heavy atom. The van der Waals surface area contributed by atoms with Crippen molar-refractivity contribution in [2.45, 2.75) is 32.6 Å². The van der Waals surface area contributed by atoms with Gasteiger partial charge in [-0.2, -0.15) is 0 Å². The maximum Gasteiger partial charge on any atom is 0.306 e. The Bertz CT molecular complexity index is 653. The molecule has 0 aliphatic heterocycles. The van der Waals surface area contributed by atoms with E-state index in [1.54, 1.807) is 11.3 Å². The molecule has 1 aliphatic carbocycles. The van der Waals surface area contributed by atoms with Crippen LogP contribution in [0.5, 0.6) is 5.88 Å². The standard InChI is InChI=1S/C14H16N2O3S/c1-2-19-11(17)6-8-3-4-10-9(5-8)12-13(18)15-7-16-14(12)20-10/h7-8H,2-6H2,1H3,(H,15,16,18). The lowest BCUT2D eigenvalue weighted by Crippen LogP contribution is -2.18. The van der Waals surface area contributed by atoms with Crippen molar-refractivity contribution in [3.05, 3.63) is 16.8 Å². The summed E-state index contributed by atoms with van der Waals surface area (Å²) < 4.78 is 5.01. The molecule has 106 valence electrons. The predicted octanol–water partition coefficient (Wildman–Crippen LogP) is 2.46. The van der Waals surface area contributed by atoms with Crippen LogP contribution in [-0.4, -0.2) is 27.7 Å². The number of ether oxygens (including phenoxy) is 1. The normalized spacial score (nSPS) is 17.9. The van der Waals surface area contributed by atoms with Crippen LogP contribution in [0.2, 0.25) is 0 Å². The molecule has 0 aromatic carbocycles. The van der Waals surface area contributed by atoms with Gasteiger partial charge in [0.1, 0.15) is 11.2 Å². The van der Waals surface area contributed by atoms with Crippen molar-refractivity contribution < 1.29 is 14.6 Å². The van der Waals surface area contributed by atoms with Gasteiger partial charge in [-0.25, -0.2) is 9.97 Å². The molecule has 0 saturated heterocycles. The van der Waals surface area contributed by atoms with Gasteiger partial charge in [0.25, 0.3) is 0 Å². The maximum atomic E-state index is 11.6. The Hall–Kier alpha value is -1.69. The lowest BCUT2D eigenvalue weighted by atomic mass is 9.85. The van der Waals surface area contributed by atoms with Crippen molar-refractivity contribution in [1.82, 2.24) is 9.97 Å². The van der Waals surface area contributed by atoms with Crippen molar-refractivity contribution in [3.8, 4) is 5.88 Å². The Morgan fingerprint density at radius 2 is 2.40 bits per heavy atom. The SMILES string of the molecule is CCOC(=O)CC1CCc2sc3ncnc(O)c3c2C1. The number of hydrogen-bond acceptors (Lipinski definition) is 6. The van der Waals surface area contributed by atoms with E-state index in [0.29, 0.717) is 13.0 Å². The number of aromatic hydroxyl groups is 1. The van der Waals surface area contributed by atoms with E-state index in [-0.39, 0.29) is 17.8 Å². The van der Waals surface area contributed by atoms with Gasteiger partial charge in [0.05, 0.1) is 12.0 Å². The van der Waals surface area contributed by atoms with Gasteiger partial charge in [-0.15, -0.1) is 11.3 Å². The number of hydrogen-bond donors (Lipinski definition) is 1. The zero-order chi connectivity index (χ0) is 14.1. The van der Waals surface area contributed by atoms with E-state index in [1.807, 2.05) is 6.92 Å². The van der Waals surface area contributed by atoms with Gasteiger partial charge in [0.2, 0.25) is 5.88 Å². The largest absolute Gasteiger partial charge is 0.493 e. The monoisotopic (exact) mass is 292 g/mol. The molecule has 6 heteroatoms. The molecule has 0 fully saturated rings. The maximum absolute atomic E-state index is 11.6. The Labute approximate surface area is 120 Å². The Kier molecular flexibility index (Phi) is 3.56. The fourth-order valence-corrected chi connectivity index (χ4v) is 3.97. The molecular weight excluding hydrogens is 276 g/mol. The van der Waals surface area contributed by atoms with Crippen LogP contribution in [0, 0.1) is 5.92 Å². The second-order valence-electron chi connectivity index (χ2n) is 5.00. The van der Waals surface area contributed by atoms with Gasteiger partial charge in [0, 0.05) is 11.3 Å². The topological polar surface area (TPSA) is 72.3 Å². The lowest BCUT2D eigenvalue weighted by Gasteiger charge is -2.21. The summed E-state index contributed by atoms with van der Waals surface area (Å²) in [5.74, 6) is 0.184. The average molecular weight is 292 g/mol. The van der Waals surface area contributed by atoms with E-state index < -0.39 is 0 Å². The van der Waals surface area contributed by atoms with Crippen LogP contribution in [0.1, 0.15) is 30.2 Å². The van der Waals surface area contributed by atoms with Crippen molar-refractivity contribution >= 4 is 27.5 Å². The molecule has 1 unspecified atom stereocenters. The summed E-state index contributed by atoms with van der Waals surface area (Å²) >= 11 is 1.62.